The van der Waals surface area contributed by atoms with Gasteiger partial charge < -0.3 is 0 Å². The Morgan fingerprint density at radius 2 is 1.96 bits per heavy atom. The number of hydrogen-bond donors (Lipinski definition) is 0. The quantitative estimate of drug-likeness (QED) is 0.495. The van der Waals surface area contributed by atoms with Crippen LogP contribution in [0.5, 0.6) is 0 Å². The fraction of sp³-hybridized carbons (Fsp3) is 0.167. The van der Waals surface area contributed by atoms with Crippen LogP contribution in [0, 0.1) is 6.92 Å². The number of carbonyl (C=O) groups excluding carboxylic acids is 1. The molecule has 122 valence electrons. The molecule has 0 spiro atoms. The fourth-order valence-corrected chi connectivity index (χ4v) is 3.36. The van der Waals surface area contributed by atoms with Gasteiger partial charge in [0.15, 0.2) is 10.9 Å². The monoisotopic (exact) mass is 357 g/mol. The van der Waals surface area contributed by atoms with Crippen molar-refractivity contribution in [1.29, 1.82) is 0 Å². The average Bonchev–Trinajstić information content (AvgIpc) is 3.05. The van der Waals surface area contributed by atoms with Crippen molar-refractivity contribution >= 4 is 29.1 Å². The fourth-order valence-electron chi connectivity index (χ4n) is 2.26. The minimum Gasteiger partial charge on any atom is -0.293 e. The summed E-state index contributed by atoms with van der Waals surface area (Å²) in [6.07, 6.45) is 1.63. The van der Waals surface area contributed by atoms with Gasteiger partial charge in [0.2, 0.25) is 0 Å². The second kappa shape index (κ2) is 7.20. The minimum absolute atomic E-state index is 0.0667. The highest BCUT2D eigenvalue weighted by Gasteiger charge is 2.19. The van der Waals surface area contributed by atoms with Gasteiger partial charge in [0, 0.05) is 10.6 Å². The van der Waals surface area contributed by atoms with Gasteiger partial charge >= 0.3 is 0 Å². The molecular formula is C18H16ClN3OS. The number of benzene rings is 2. The molecular weight excluding hydrogens is 342 g/mol. The third kappa shape index (κ3) is 3.52. The van der Waals surface area contributed by atoms with Gasteiger partial charge in [-0.15, -0.1) is 10.2 Å². The number of nitrogens with zero attached hydrogens (tertiary/aromatic N) is 3. The predicted octanol–water partition coefficient (Wildman–Crippen LogP) is 4.59. The first-order valence-corrected chi connectivity index (χ1v) is 8.74. The molecule has 0 fully saturated rings. The van der Waals surface area contributed by atoms with Gasteiger partial charge in [-0.05, 0) is 31.5 Å². The third-order valence-corrected chi connectivity index (χ3v) is 5.12. The summed E-state index contributed by atoms with van der Waals surface area (Å²) in [6, 6.07) is 15.0. The number of rotatable bonds is 5. The van der Waals surface area contributed by atoms with Gasteiger partial charge in [0.1, 0.15) is 6.33 Å². The molecule has 0 N–H and O–H groups in total. The zero-order valence-corrected chi connectivity index (χ0v) is 14.9. The van der Waals surface area contributed by atoms with Crippen molar-refractivity contribution in [2.24, 2.45) is 0 Å². The maximum absolute atomic E-state index is 12.5. The first-order valence-electron chi connectivity index (χ1n) is 7.48. The van der Waals surface area contributed by atoms with E-state index < -0.39 is 0 Å². The number of ketones is 1. The van der Waals surface area contributed by atoms with Gasteiger partial charge in [-0.25, -0.2) is 0 Å². The second-order valence-electron chi connectivity index (χ2n) is 5.41. The Hall–Kier alpha value is -2.11. The normalized spacial score (nSPS) is 12.1. The van der Waals surface area contributed by atoms with Crippen LogP contribution in [0.3, 0.4) is 0 Å². The number of hydrogen-bond acceptors (Lipinski definition) is 4. The van der Waals surface area contributed by atoms with E-state index in [1.54, 1.807) is 6.33 Å². The van der Waals surface area contributed by atoms with E-state index in [0.29, 0.717) is 15.7 Å². The van der Waals surface area contributed by atoms with Crippen LogP contribution < -0.4 is 0 Å². The van der Waals surface area contributed by atoms with E-state index in [1.807, 2.05) is 66.9 Å². The van der Waals surface area contributed by atoms with Crippen LogP contribution in [-0.4, -0.2) is 25.8 Å². The van der Waals surface area contributed by atoms with Crippen LogP contribution in [0.2, 0.25) is 5.02 Å². The highest BCUT2D eigenvalue weighted by Crippen LogP contribution is 2.27. The third-order valence-electron chi connectivity index (χ3n) is 3.66. The average molecular weight is 358 g/mol. The molecule has 3 rings (SSSR count). The molecule has 0 saturated heterocycles. The van der Waals surface area contributed by atoms with Gasteiger partial charge in [-0.1, -0.05) is 59.8 Å². The molecule has 6 heteroatoms. The highest BCUT2D eigenvalue weighted by atomic mass is 35.5. The predicted molar refractivity (Wildman–Crippen MR) is 97.2 cm³/mol. The zero-order chi connectivity index (χ0) is 17.1. The molecule has 0 aliphatic carbocycles. The summed E-state index contributed by atoms with van der Waals surface area (Å²) >= 11 is 7.59. The molecule has 0 saturated carbocycles. The lowest BCUT2D eigenvalue weighted by molar-refractivity contribution is 0.0994. The standard InChI is InChI=1S/C18H16ClN3OS/c1-12-8-9-15(10-16(12)19)22-11-20-21-18(22)24-13(2)17(23)14-6-4-3-5-7-14/h3-11,13H,1-2H3/t13-/m1/s1. The maximum Gasteiger partial charge on any atom is 0.196 e. The second-order valence-corrected chi connectivity index (χ2v) is 7.12. The Kier molecular flexibility index (Phi) is 5.02. The molecule has 1 atom stereocenters. The van der Waals surface area contributed by atoms with Crippen LogP contribution in [0.1, 0.15) is 22.8 Å². The molecule has 1 heterocycles. The van der Waals surface area contributed by atoms with E-state index in [-0.39, 0.29) is 11.0 Å². The van der Waals surface area contributed by atoms with Crippen LogP contribution in [0.25, 0.3) is 5.69 Å². The minimum atomic E-state index is -0.267. The SMILES string of the molecule is Cc1ccc(-n2cnnc2S[C@H](C)C(=O)c2ccccc2)cc1Cl. The van der Waals surface area contributed by atoms with E-state index in [2.05, 4.69) is 10.2 Å². The highest BCUT2D eigenvalue weighted by molar-refractivity contribution is 8.00. The van der Waals surface area contributed by atoms with E-state index in [1.165, 1.54) is 11.8 Å². The lowest BCUT2D eigenvalue weighted by atomic mass is 10.1. The summed E-state index contributed by atoms with van der Waals surface area (Å²) in [6.45, 7) is 3.83. The molecule has 0 unspecified atom stereocenters. The maximum atomic E-state index is 12.5. The summed E-state index contributed by atoms with van der Waals surface area (Å²) in [7, 11) is 0. The van der Waals surface area contributed by atoms with Crippen LogP contribution >= 0.6 is 23.4 Å². The van der Waals surface area contributed by atoms with Crippen molar-refractivity contribution in [2.75, 3.05) is 0 Å². The summed E-state index contributed by atoms with van der Waals surface area (Å²) in [5, 5.41) is 9.19. The summed E-state index contributed by atoms with van der Waals surface area (Å²) in [5.74, 6) is 0.0667. The number of aryl methyl sites for hydroxylation is 1. The van der Waals surface area contributed by atoms with Crippen molar-refractivity contribution in [1.82, 2.24) is 14.8 Å². The molecule has 0 amide bonds. The van der Waals surface area contributed by atoms with Gasteiger partial charge in [0.05, 0.1) is 10.9 Å². The summed E-state index contributed by atoms with van der Waals surface area (Å²) < 4.78 is 1.84. The Bertz CT molecular complexity index is 864. The Morgan fingerprint density at radius 1 is 1.21 bits per heavy atom. The molecule has 1 aromatic heterocycles. The molecule has 4 nitrogen and oxygen atoms in total. The van der Waals surface area contributed by atoms with E-state index in [4.69, 9.17) is 11.6 Å². The number of thioether (sulfide) groups is 1. The zero-order valence-electron chi connectivity index (χ0n) is 13.3. The molecule has 0 aliphatic heterocycles. The molecule has 0 bridgehead atoms. The molecule has 0 aliphatic rings. The first kappa shape index (κ1) is 16.7. The number of aromatic nitrogens is 3. The van der Waals surface area contributed by atoms with Crippen LogP contribution in [-0.2, 0) is 0 Å². The molecule has 24 heavy (non-hydrogen) atoms. The smallest absolute Gasteiger partial charge is 0.196 e. The van der Waals surface area contributed by atoms with E-state index >= 15 is 0 Å². The van der Waals surface area contributed by atoms with Gasteiger partial charge in [-0.2, -0.15) is 0 Å². The van der Waals surface area contributed by atoms with Crippen molar-refractivity contribution in [2.45, 2.75) is 24.3 Å². The van der Waals surface area contributed by atoms with E-state index in [9.17, 15) is 4.79 Å². The molecule has 2 aromatic carbocycles. The first-order chi connectivity index (χ1) is 11.6. The van der Waals surface area contributed by atoms with Crippen molar-refractivity contribution < 1.29 is 4.79 Å². The Labute approximate surface area is 149 Å². The van der Waals surface area contributed by atoms with Crippen molar-refractivity contribution in [3.63, 3.8) is 0 Å². The molecule has 3 aromatic rings. The van der Waals surface area contributed by atoms with Crippen molar-refractivity contribution in [3.05, 3.63) is 71.0 Å². The number of Topliss-reactive ketones (excluding diaryl/α,β-unsaturated/α-hetero) is 1. The van der Waals surface area contributed by atoms with Crippen LogP contribution in [0.4, 0.5) is 0 Å². The number of carbonyl (C=O) groups is 1. The summed E-state index contributed by atoms with van der Waals surface area (Å²) in [4.78, 5) is 12.5. The Morgan fingerprint density at radius 3 is 2.67 bits per heavy atom. The lowest BCUT2D eigenvalue weighted by Crippen LogP contribution is -2.14. The lowest BCUT2D eigenvalue weighted by Gasteiger charge is -2.12. The summed E-state index contributed by atoms with van der Waals surface area (Å²) in [5.41, 5.74) is 2.58. The van der Waals surface area contributed by atoms with Gasteiger partial charge in [0.25, 0.3) is 0 Å². The molecule has 0 radical (unpaired) electrons. The van der Waals surface area contributed by atoms with Gasteiger partial charge in [-0.3, -0.25) is 9.36 Å². The Balaban J connectivity index is 1.83. The van der Waals surface area contributed by atoms with E-state index in [0.717, 1.165) is 11.3 Å². The van der Waals surface area contributed by atoms with Crippen molar-refractivity contribution in [3.8, 4) is 5.69 Å². The number of halogens is 1. The largest absolute Gasteiger partial charge is 0.293 e. The topological polar surface area (TPSA) is 47.8 Å². The van der Waals surface area contributed by atoms with Crippen LogP contribution in [0.15, 0.2) is 60.0 Å².